The van der Waals surface area contributed by atoms with Crippen molar-refractivity contribution in [3.63, 3.8) is 0 Å². The predicted molar refractivity (Wildman–Crippen MR) is 129 cm³/mol. The molecule has 3 rings (SSSR count). The molecule has 0 bridgehead atoms. The topological polar surface area (TPSA) is 109 Å². The second kappa shape index (κ2) is 12.8. The molecule has 3 aromatic heterocycles. The Hall–Kier alpha value is -2.96. The standard InChI is InChI=1S/C24H33F3N6O3/c1-4-29-16(2)20-12-19(22(34-3)13-30-20)17-11-21(23-31-15-32-33(23)14-17)36-10-9-35-8-6-18(28)5-7-24(25,26)27/h11-16,18,29H,4-10,28H2,1-3H3/t16-,18?/m1/s1. The number of alkyl halides is 3. The number of nitrogens with zero attached hydrogens (tertiary/aromatic N) is 4. The number of pyridine rings is 2. The van der Waals surface area contributed by atoms with Crippen molar-refractivity contribution >= 4 is 5.65 Å². The van der Waals surface area contributed by atoms with Crippen molar-refractivity contribution in [1.82, 2.24) is 24.9 Å². The Morgan fingerprint density at radius 2 is 1.92 bits per heavy atom. The van der Waals surface area contributed by atoms with Crippen molar-refractivity contribution in [2.24, 2.45) is 5.73 Å². The Balaban J connectivity index is 1.65. The summed E-state index contributed by atoms with van der Waals surface area (Å²) in [6.45, 7) is 5.62. The van der Waals surface area contributed by atoms with Gasteiger partial charge in [0.25, 0.3) is 0 Å². The van der Waals surface area contributed by atoms with Gasteiger partial charge in [0.15, 0.2) is 11.4 Å². The van der Waals surface area contributed by atoms with Gasteiger partial charge in [-0.15, -0.1) is 0 Å². The average molecular weight is 511 g/mol. The molecular weight excluding hydrogens is 477 g/mol. The van der Waals surface area contributed by atoms with Gasteiger partial charge in [-0.05, 0) is 38.4 Å². The first kappa shape index (κ1) is 27.6. The van der Waals surface area contributed by atoms with E-state index in [0.29, 0.717) is 23.6 Å². The van der Waals surface area contributed by atoms with E-state index in [0.717, 1.165) is 23.4 Å². The van der Waals surface area contributed by atoms with Gasteiger partial charge in [-0.25, -0.2) is 9.50 Å². The molecule has 3 heterocycles. The number of rotatable bonds is 14. The van der Waals surface area contributed by atoms with E-state index < -0.39 is 18.6 Å². The molecule has 0 aromatic carbocycles. The van der Waals surface area contributed by atoms with Gasteiger partial charge < -0.3 is 25.3 Å². The van der Waals surface area contributed by atoms with Gasteiger partial charge in [-0.3, -0.25) is 4.98 Å². The second-order valence-electron chi connectivity index (χ2n) is 8.37. The number of hydrogen-bond donors (Lipinski definition) is 2. The molecule has 0 amide bonds. The summed E-state index contributed by atoms with van der Waals surface area (Å²) in [7, 11) is 1.59. The van der Waals surface area contributed by atoms with Crippen molar-refractivity contribution < 1.29 is 27.4 Å². The quantitative estimate of drug-likeness (QED) is 0.314. The Kier molecular flexibility index (Phi) is 9.85. The van der Waals surface area contributed by atoms with Gasteiger partial charge in [0.1, 0.15) is 18.7 Å². The monoisotopic (exact) mass is 510 g/mol. The number of aromatic nitrogens is 4. The van der Waals surface area contributed by atoms with Gasteiger partial charge >= 0.3 is 6.18 Å². The van der Waals surface area contributed by atoms with E-state index in [1.165, 1.54) is 6.33 Å². The molecule has 0 radical (unpaired) electrons. The van der Waals surface area contributed by atoms with Crippen LogP contribution in [-0.4, -0.2) is 65.3 Å². The minimum absolute atomic E-state index is 0.0595. The number of halogens is 3. The molecule has 3 aromatic rings. The highest BCUT2D eigenvalue weighted by atomic mass is 19.4. The lowest BCUT2D eigenvalue weighted by molar-refractivity contribution is -0.136. The summed E-state index contributed by atoms with van der Waals surface area (Å²) >= 11 is 0. The van der Waals surface area contributed by atoms with Crippen molar-refractivity contribution in [1.29, 1.82) is 0 Å². The molecular formula is C24H33F3N6O3. The zero-order chi connectivity index (χ0) is 26.1. The van der Waals surface area contributed by atoms with E-state index in [-0.39, 0.29) is 32.3 Å². The van der Waals surface area contributed by atoms with Gasteiger partial charge in [-0.2, -0.15) is 18.3 Å². The molecule has 12 heteroatoms. The summed E-state index contributed by atoms with van der Waals surface area (Å²) in [5.74, 6) is 1.12. The number of hydrogen-bond acceptors (Lipinski definition) is 8. The van der Waals surface area contributed by atoms with Crippen LogP contribution >= 0.6 is 0 Å². The fourth-order valence-electron chi connectivity index (χ4n) is 3.68. The van der Waals surface area contributed by atoms with Gasteiger partial charge in [0, 0.05) is 42.4 Å². The van der Waals surface area contributed by atoms with Crippen LogP contribution in [-0.2, 0) is 4.74 Å². The first-order valence-corrected chi connectivity index (χ1v) is 11.9. The molecule has 0 aliphatic carbocycles. The van der Waals surface area contributed by atoms with Crippen LogP contribution in [0.25, 0.3) is 16.8 Å². The second-order valence-corrected chi connectivity index (χ2v) is 8.37. The lowest BCUT2D eigenvalue weighted by Gasteiger charge is -2.16. The molecule has 3 N–H and O–H groups in total. The van der Waals surface area contributed by atoms with Crippen LogP contribution in [0, 0.1) is 0 Å². The Labute approximate surface area is 208 Å². The van der Waals surface area contributed by atoms with E-state index in [2.05, 4.69) is 20.4 Å². The Morgan fingerprint density at radius 3 is 2.64 bits per heavy atom. The molecule has 0 spiro atoms. The zero-order valence-electron chi connectivity index (χ0n) is 20.7. The first-order chi connectivity index (χ1) is 17.2. The number of nitrogens with one attached hydrogen (secondary N) is 1. The van der Waals surface area contributed by atoms with E-state index in [1.807, 2.05) is 32.2 Å². The molecule has 9 nitrogen and oxygen atoms in total. The number of ether oxygens (including phenoxy) is 3. The van der Waals surface area contributed by atoms with Crippen LogP contribution in [0.4, 0.5) is 13.2 Å². The molecule has 0 saturated heterocycles. The molecule has 1 unspecified atom stereocenters. The molecule has 198 valence electrons. The summed E-state index contributed by atoms with van der Waals surface area (Å²) in [6.07, 6.45) is 0.114. The highest BCUT2D eigenvalue weighted by Gasteiger charge is 2.27. The SMILES string of the molecule is CCN[C@H](C)c1cc(-c2cc(OCCOCCC(N)CCC(F)(F)F)c3ncnn3c2)c(OC)cn1. The highest BCUT2D eigenvalue weighted by Crippen LogP contribution is 2.34. The Morgan fingerprint density at radius 1 is 1.11 bits per heavy atom. The van der Waals surface area contributed by atoms with E-state index in [1.54, 1.807) is 17.8 Å². The van der Waals surface area contributed by atoms with E-state index in [4.69, 9.17) is 19.9 Å². The third-order valence-electron chi connectivity index (χ3n) is 5.63. The minimum atomic E-state index is -4.19. The first-order valence-electron chi connectivity index (χ1n) is 11.9. The van der Waals surface area contributed by atoms with Crippen molar-refractivity contribution in [3.8, 4) is 22.6 Å². The van der Waals surface area contributed by atoms with E-state index in [9.17, 15) is 13.2 Å². The number of nitrogens with two attached hydrogens (primary N) is 1. The third-order valence-corrected chi connectivity index (χ3v) is 5.63. The fourth-order valence-corrected chi connectivity index (χ4v) is 3.68. The summed E-state index contributed by atoms with van der Waals surface area (Å²) in [5, 5.41) is 7.60. The smallest absolute Gasteiger partial charge is 0.389 e. The third kappa shape index (κ3) is 7.77. The van der Waals surface area contributed by atoms with Crippen molar-refractivity contribution in [2.75, 3.05) is 33.5 Å². The summed E-state index contributed by atoms with van der Waals surface area (Å²) in [5.41, 5.74) is 8.79. The van der Waals surface area contributed by atoms with Crippen LogP contribution in [0.1, 0.15) is 44.8 Å². The average Bonchev–Trinajstić information content (AvgIpc) is 3.33. The Bertz CT molecular complexity index is 1110. The molecule has 0 fully saturated rings. The van der Waals surface area contributed by atoms with Crippen molar-refractivity contribution in [3.05, 3.63) is 36.5 Å². The fraction of sp³-hybridized carbons (Fsp3) is 0.542. The van der Waals surface area contributed by atoms with Crippen LogP contribution in [0.15, 0.2) is 30.9 Å². The molecule has 0 saturated carbocycles. The largest absolute Gasteiger partial charge is 0.494 e. The molecule has 2 atom stereocenters. The maximum atomic E-state index is 12.3. The normalized spacial score (nSPS) is 13.6. The molecule has 0 aliphatic rings. The zero-order valence-corrected chi connectivity index (χ0v) is 20.7. The van der Waals surface area contributed by atoms with Crippen LogP contribution in [0.5, 0.6) is 11.5 Å². The predicted octanol–water partition coefficient (Wildman–Crippen LogP) is 3.93. The molecule has 36 heavy (non-hydrogen) atoms. The summed E-state index contributed by atoms with van der Waals surface area (Å²) < 4.78 is 55.5. The summed E-state index contributed by atoms with van der Waals surface area (Å²) in [6, 6.07) is 3.33. The number of fused-ring (bicyclic) bond motifs is 1. The van der Waals surface area contributed by atoms with E-state index >= 15 is 0 Å². The van der Waals surface area contributed by atoms with Crippen LogP contribution in [0.3, 0.4) is 0 Å². The number of methoxy groups -OCH3 is 1. The van der Waals surface area contributed by atoms with Gasteiger partial charge in [0.05, 0.1) is 25.6 Å². The van der Waals surface area contributed by atoms with Gasteiger partial charge in [-0.1, -0.05) is 6.92 Å². The maximum Gasteiger partial charge on any atom is 0.389 e. The maximum absolute atomic E-state index is 12.3. The van der Waals surface area contributed by atoms with Crippen LogP contribution in [0.2, 0.25) is 0 Å². The van der Waals surface area contributed by atoms with Crippen molar-refractivity contribution in [2.45, 2.75) is 51.4 Å². The molecule has 0 aliphatic heterocycles. The lowest BCUT2D eigenvalue weighted by atomic mass is 10.0. The van der Waals surface area contributed by atoms with Gasteiger partial charge in [0.2, 0.25) is 0 Å². The minimum Gasteiger partial charge on any atom is -0.494 e. The van der Waals surface area contributed by atoms with Crippen LogP contribution < -0.4 is 20.5 Å². The summed E-state index contributed by atoms with van der Waals surface area (Å²) in [4.78, 5) is 8.78. The highest BCUT2D eigenvalue weighted by molar-refractivity contribution is 5.73. The lowest BCUT2D eigenvalue weighted by Crippen LogP contribution is -2.25.